The van der Waals surface area contributed by atoms with Crippen LogP contribution in [0.5, 0.6) is 0 Å². The molecular weight excluding hydrogens is 220 g/mol. The molecule has 1 aromatic rings. The summed E-state index contributed by atoms with van der Waals surface area (Å²) >= 11 is 0. The molecule has 0 saturated heterocycles. The number of Topliss-reactive ketones (excluding diaryl/α,β-unsaturated/α-hetero) is 1. The maximum absolute atomic E-state index is 9.44. The molecule has 18 heavy (non-hydrogen) atoms. The Bertz CT molecular complexity index is 273. The molecule has 0 heterocycles. The molecule has 0 atom stereocenters. The first kappa shape index (κ1) is 22.1. The summed E-state index contributed by atoms with van der Waals surface area (Å²) < 4.78 is 0. The fourth-order valence-electron chi connectivity index (χ4n) is 1.01. The minimum atomic E-state index is 0.167. The van der Waals surface area contributed by atoms with Crippen molar-refractivity contribution in [3.05, 3.63) is 35.4 Å². The average molecular weight is 252 g/mol. The zero-order valence-electron chi connectivity index (χ0n) is 13.6. The Hall–Kier alpha value is -1.11. The van der Waals surface area contributed by atoms with E-state index in [1.807, 2.05) is 13.8 Å². The van der Waals surface area contributed by atoms with Gasteiger partial charge in [-0.1, -0.05) is 65.3 Å². The van der Waals surface area contributed by atoms with Crippen LogP contribution in [0.15, 0.2) is 24.3 Å². The van der Waals surface area contributed by atoms with Gasteiger partial charge in [-0.3, -0.25) is 0 Å². The lowest BCUT2D eigenvalue weighted by atomic mass is 10.1. The number of hydrogen-bond acceptors (Lipinski definition) is 1. The third-order valence-electron chi connectivity index (χ3n) is 1.64. The Balaban J connectivity index is -0.000000212. The largest absolute Gasteiger partial charge is 0.300 e. The topological polar surface area (TPSA) is 17.1 Å². The second kappa shape index (κ2) is 18.3. The van der Waals surface area contributed by atoms with Crippen LogP contribution in [-0.2, 0) is 11.2 Å². The minimum Gasteiger partial charge on any atom is -0.300 e. The number of ketones is 1. The Labute approximate surface area is 115 Å². The molecule has 0 aliphatic carbocycles. The quantitative estimate of drug-likeness (QED) is 0.636. The summed E-state index contributed by atoms with van der Waals surface area (Å²) in [4.78, 5) is 9.44. The second-order valence-corrected chi connectivity index (χ2v) is 3.90. The Morgan fingerprint density at radius 1 is 1.00 bits per heavy atom. The SMILES string of the molecule is CC.CC(C)=O.CCC.CCc1ccccc1C. The molecule has 0 amide bonds. The van der Waals surface area contributed by atoms with Crippen molar-refractivity contribution in [3.63, 3.8) is 0 Å². The van der Waals surface area contributed by atoms with Gasteiger partial charge in [0.2, 0.25) is 0 Å². The summed E-state index contributed by atoms with van der Waals surface area (Å²) in [6.07, 6.45) is 2.40. The summed E-state index contributed by atoms with van der Waals surface area (Å²) in [7, 11) is 0. The molecule has 0 aliphatic rings. The predicted octanol–water partition coefficient (Wildman–Crippen LogP) is 5.60. The van der Waals surface area contributed by atoms with Crippen molar-refractivity contribution >= 4 is 5.78 Å². The van der Waals surface area contributed by atoms with Gasteiger partial charge in [0, 0.05) is 0 Å². The van der Waals surface area contributed by atoms with E-state index in [-0.39, 0.29) is 5.78 Å². The molecule has 1 aromatic carbocycles. The lowest BCUT2D eigenvalue weighted by Crippen LogP contribution is -1.82. The number of hydrogen-bond donors (Lipinski definition) is 0. The first-order chi connectivity index (χ1) is 8.49. The van der Waals surface area contributed by atoms with Crippen molar-refractivity contribution in [1.29, 1.82) is 0 Å². The van der Waals surface area contributed by atoms with Crippen molar-refractivity contribution in [2.45, 2.75) is 68.2 Å². The highest BCUT2D eigenvalue weighted by atomic mass is 16.1. The molecule has 1 nitrogen and oxygen atoms in total. The molecule has 0 spiro atoms. The lowest BCUT2D eigenvalue weighted by molar-refractivity contribution is -0.114. The highest BCUT2D eigenvalue weighted by molar-refractivity contribution is 5.72. The maximum Gasteiger partial charge on any atom is 0.126 e. The van der Waals surface area contributed by atoms with Crippen LogP contribution in [0.1, 0.15) is 66.0 Å². The fraction of sp³-hybridized carbons (Fsp3) is 0.588. The number of aryl methyl sites for hydroxylation is 2. The predicted molar refractivity (Wildman–Crippen MR) is 84.2 cm³/mol. The van der Waals surface area contributed by atoms with E-state index < -0.39 is 0 Å². The Kier molecular flexibility index (Phi) is 22.4. The van der Waals surface area contributed by atoms with Gasteiger partial charge in [-0.15, -0.1) is 0 Å². The molecule has 0 radical (unpaired) electrons. The molecule has 1 rings (SSSR count). The van der Waals surface area contributed by atoms with Gasteiger partial charge in [0.05, 0.1) is 0 Å². The molecule has 0 unspecified atom stereocenters. The van der Waals surface area contributed by atoms with Crippen LogP contribution in [0.2, 0.25) is 0 Å². The molecule has 0 aromatic heterocycles. The average Bonchev–Trinajstić information content (AvgIpc) is 2.32. The Morgan fingerprint density at radius 3 is 1.56 bits per heavy atom. The molecule has 0 bridgehead atoms. The van der Waals surface area contributed by atoms with Gasteiger partial charge in [0.25, 0.3) is 0 Å². The number of rotatable bonds is 1. The van der Waals surface area contributed by atoms with Crippen molar-refractivity contribution in [1.82, 2.24) is 0 Å². The Morgan fingerprint density at radius 2 is 1.33 bits per heavy atom. The molecule has 0 aliphatic heterocycles. The van der Waals surface area contributed by atoms with Gasteiger partial charge < -0.3 is 4.79 Å². The summed E-state index contributed by atoms with van der Waals surface area (Å²) in [5, 5.41) is 0. The molecule has 106 valence electrons. The summed E-state index contributed by atoms with van der Waals surface area (Å²) in [5.74, 6) is 0.167. The first-order valence-corrected chi connectivity index (χ1v) is 7.01. The number of benzene rings is 1. The fourth-order valence-corrected chi connectivity index (χ4v) is 1.01. The van der Waals surface area contributed by atoms with Crippen molar-refractivity contribution in [2.24, 2.45) is 0 Å². The highest BCUT2D eigenvalue weighted by Gasteiger charge is 1.89. The van der Waals surface area contributed by atoms with Crippen molar-refractivity contribution < 1.29 is 4.79 Å². The van der Waals surface area contributed by atoms with Crippen molar-refractivity contribution in [2.75, 3.05) is 0 Å². The van der Waals surface area contributed by atoms with E-state index in [0.717, 1.165) is 6.42 Å². The van der Waals surface area contributed by atoms with Crippen LogP contribution >= 0.6 is 0 Å². The van der Waals surface area contributed by atoms with Crippen LogP contribution in [0.3, 0.4) is 0 Å². The van der Waals surface area contributed by atoms with Crippen LogP contribution in [0.25, 0.3) is 0 Å². The molecular formula is C17H32O. The lowest BCUT2D eigenvalue weighted by Gasteiger charge is -1.98. The second-order valence-electron chi connectivity index (χ2n) is 3.90. The van der Waals surface area contributed by atoms with Gasteiger partial charge in [-0.25, -0.2) is 0 Å². The summed E-state index contributed by atoms with van der Waals surface area (Å²) in [5.41, 5.74) is 2.86. The van der Waals surface area contributed by atoms with E-state index in [4.69, 9.17) is 0 Å². The number of carbonyl (C=O) groups excluding carboxylic acids is 1. The van der Waals surface area contributed by atoms with E-state index in [1.54, 1.807) is 0 Å². The van der Waals surface area contributed by atoms with E-state index in [0.29, 0.717) is 0 Å². The van der Waals surface area contributed by atoms with Gasteiger partial charge >= 0.3 is 0 Å². The standard InChI is InChI=1S/C9H12.C3H6O.C3H8.C2H6/c1-3-9-7-5-4-6-8(9)2;1-3(2)4;1-3-2;1-2/h4-7H,3H2,1-2H3;1-2H3;3H2,1-2H3;1-2H3. The molecule has 0 fully saturated rings. The van der Waals surface area contributed by atoms with E-state index in [9.17, 15) is 4.79 Å². The number of carbonyl (C=O) groups is 1. The molecule has 1 heteroatoms. The van der Waals surface area contributed by atoms with Gasteiger partial charge in [-0.2, -0.15) is 0 Å². The van der Waals surface area contributed by atoms with Crippen molar-refractivity contribution in [3.8, 4) is 0 Å². The normalized spacial score (nSPS) is 7.56. The summed E-state index contributed by atoms with van der Waals surface area (Å²) in [6, 6.07) is 8.49. The smallest absolute Gasteiger partial charge is 0.126 e. The van der Waals surface area contributed by atoms with E-state index in [1.165, 1.54) is 31.4 Å². The first-order valence-electron chi connectivity index (χ1n) is 7.01. The van der Waals surface area contributed by atoms with Crippen LogP contribution < -0.4 is 0 Å². The zero-order chi connectivity index (χ0) is 15.0. The third-order valence-corrected chi connectivity index (χ3v) is 1.64. The minimum absolute atomic E-state index is 0.167. The van der Waals surface area contributed by atoms with Crippen LogP contribution in [0.4, 0.5) is 0 Å². The third kappa shape index (κ3) is 20.3. The van der Waals surface area contributed by atoms with Gasteiger partial charge in [-0.05, 0) is 38.3 Å². The summed E-state index contributed by atoms with van der Waals surface area (Å²) in [6.45, 7) is 15.6. The molecule has 0 N–H and O–H groups in total. The molecule has 0 saturated carbocycles. The monoisotopic (exact) mass is 252 g/mol. The zero-order valence-corrected chi connectivity index (χ0v) is 13.6. The maximum atomic E-state index is 9.44. The van der Waals surface area contributed by atoms with Crippen LogP contribution in [0, 0.1) is 6.92 Å². The van der Waals surface area contributed by atoms with Gasteiger partial charge in [0.15, 0.2) is 0 Å². The van der Waals surface area contributed by atoms with Crippen LogP contribution in [-0.4, -0.2) is 5.78 Å². The van der Waals surface area contributed by atoms with Gasteiger partial charge in [0.1, 0.15) is 5.78 Å². The highest BCUT2D eigenvalue weighted by Crippen LogP contribution is 2.06. The van der Waals surface area contributed by atoms with E-state index >= 15 is 0 Å². The van der Waals surface area contributed by atoms with E-state index in [2.05, 4.69) is 52.0 Å².